The molecule has 4 heteroatoms. The Kier molecular flexibility index (Phi) is 14.6. The van der Waals surface area contributed by atoms with Crippen LogP contribution in [-0.2, 0) is 13.1 Å². The highest BCUT2D eigenvalue weighted by Crippen LogP contribution is 2.19. The largest absolute Gasteiger partial charge is 0.492 e. The summed E-state index contributed by atoms with van der Waals surface area (Å²) in [4.78, 5) is 0. The predicted molar refractivity (Wildman–Crippen MR) is 167 cm³/mol. The van der Waals surface area contributed by atoms with Crippen LogP contribution in [0.2, 0.25) is 5.02 Å². The number of ether oxygens (including phenoxy) is 1. The summed E-state index contributed by atoms with van der Waals surface area (Å²) >= 11 is 5.94. The molecule has 0 aliphatic carbocycles. The van der Waals surface area contributed by atoms with Gasteiger partial charge in [-0.2, -0.15) is 0 Å². The number of aryl methyl sites for hydroxylation is 1. The number of hydrogen-bond acceptors (Lipinski definition) is 3. The van der Waals surface area contributed by atoms with Crippen molar-refractivity contribution in [1.82, 2.24) is 10.6 Å². The van der Waals surface area contributed by atoms with E-state index in [-0.39, 0.29) is 0 Å². The lowest BCUT2D eigenvalue weighted by molar-refractivity contribution is 0.311. The lowest BCUT2D eigenvalue weighted by Crippen LogP contribution is -2.20. The smallest absolute Gasteiger partial charge is 0.122 e. The first-order chi connectivity index (χ1) is 19.1. The average Bonchev–Trinajstić information content (AvgIpc) is 2.95. The van der Waals surface area contributed by atoms with Gasteiger partial charge in [-0.05, 0) is 79.0 Å². The van der Waals surface area contributed by atoms with E-state index in [2.05, 4.69) is 66.7 Å². The molecule has 0 aromatic heterocycles. The van der Waals surface area contributed by atoms with Crippen molar-refractivity contribution in [2.45, 2.75) is 78.3 Å². The monoisotopic (exact) mass is 544 g/mol. The summed E-state index contributed by atoms with van der Waals surface area (Å²) in [5.41, 5.74) is 5.65. The van der Waals surface area contributed by atoms with Crippen LogP contribution >= 0.6 is 11.6 Å². The maximum absolute atomic E-state index is 5.99. The van der Waals surface area contributed by atoms with E-state index in [1.54, 1.807) is 0 Å². The Hall–Kier alpha value is -2.77. The quantitative estimate of drug-likeness (QED) is 0.132. The van der Waals surface area contributed by atoms with E-state index in [4.69, 9.17) is 16.3 Å². The summed E-state index contributed by atoms with van der Waals surface area (Å²) in [6.45, 7) is 8.64. The van der Waals surface area contributed by atoms with Crippen LogP contribution in [0, 0.1) is 18.8 Å². The van der Waals surface area contributed by atoms with Gasteiger partial charge in [0.25, 0.3) is 0 Å². The van der Waals surface area contributed by atoms with Crippen molar-refractivity contribution < 1.29 is 4.74 Å². The molecule has 0 bridgehead atoms. The van der Waals surface area contributed by atoms with Crippen molar-refractivity contribution in [2.75, 3.05) is 19.7 Å². The second-order valence-electron chi connectivity index (χ2n) is 10.2. The van der Waals surface area contributed by atoms with Crippen LogP contribution in [-0.4, -0.2) is 19.7 Å². The van der Waals surface area contributed by atoms with Crippen LogP contribution in [0.4, 0.5) is 0 Å². The van der Waals surface area contributed by atoms with Crippen molar-refractivity contribution >= 4 is 11.6 Å². The third-order valence-electron chi connectivity index (χ3n) is 6.80. The molecular formula is C35H45ClN2O. The van der Waals surface area contributed by atoms with Gasteiger partial charge >= 0.3 is 0 Å². The third-order valence-corrected chi connectivity index (χ3v) is 7.05. The fourth-order valence-electron chi connectivity index (χ4n) is 4.42. The number of benzene rings is 3. The summed E-state index contributed by atoms with van der Waals surface area (Å²) in [5.74, 6) is 7.29. The van der Waals surface area contributed by atoms with E-state index in [0.29, 0.717) is 6.61 Å². The molecule has 3 rings (SSSR count). The van der Waals surface area contributed by atoms with Gasteiger partial charge in [0.05, 0.1) is 0 Å². The Bertz CT molecular complexity index is 1150. The number of unbranched alkanes of at least 4 members (excludes halogenated alkanes) is 7. The second-order valence-corrected chi connectivity index (χ2v) is 10.7. The van der Waals surface area contributed by atoms with Crippen LogP contribution in [0.15, 0.2) is 66.7 Å². The molecule has 0 saturated heterocycles. The predicted octanol–water partition coefficient (Wildman–Crippen LogP) is 8.45. The average molecular weight is 545 g/mol. The molecule has 0 aliphatic rings. The zero-order chi connectivity index (χ0) is 27.5. The van der Waals surface area contributed by atoms with Gasteiger partial charge in [0.1, 0.15) is 12.4 Å². The first-order valence-electron chi connectivity index (χ1n) is 14.6. The summed E-state index contributed by atoms with van der Waals surface area (Å²) < 4.78 is 5.99. The van der Waals surface area contributed by atoms with E-state index < -0.39 is 0 Å². The van der Waals surface area contributed by atoms with Crippen LogP contribution in [0.25, 0.3) is 0 Å². The maximum atomic E-state index is 5.99. The van der Waals surface area contributed by atoms with Gasteiger partial charge in [0.2, 0.25) is 0 Å². The van der Waals surface area contributed by atoms with E-state index in [9.17, 15) is 0 Å². The van der Waals surface area contributed by atoms with Gasteiger partial charge in [0.15, 0.2) is 0 Å². The molecule has 3 nitrogen and oxygen atoms in total. The first-order valence-corrected chi connectivity index (χ1v) is 15.0. The maximum Gasteiger partial charge on any atom is 0.122 e. The van der Waals surface area contributed by atoms with Gasteiger partial charge in [-0.1, -0.05) is 99.6 Å². The van der Waals surface area contributed by atoms with Crippen LogP contribution in [0.5, 0.6) is 5.75 Å². The van der Waals surface area contributed by atoms with Gasteiger partial charge < -0.3 is 15.4 Å². The minimum absolute atomic E-state index is 0.622. The van der Waals surface area contributed by atoms with Crippen LogP contribution in [0.3, 0.4) is 0 Å². The fourth-order valence-corrected chi connectivity index (χ4v) is 4.55. The zero-order valence-electron chi connectivity index (χ0n) is 23.8. The first kappa shape index (κ1) is 30.8. The Morgan fingerprint density at radius 1 is 0.667 bits per heavy atom. The minimum Gasteiger partial charge on any atom is -0.492 e. The number of hydrogen-bond donors (Lipinski definition) is 2. The summed E-state index contributed by atoms with van der Waals surface area (Å²) in [5, 5.41) is 7.79. The van der Waals surface area contributed by atoms with Gasteiger partial charge in [0, 0.05) is 35.8 Å². The lowest BCUT2D eigenvalue weighted by Gasteiger charge is -2.11. The lowest BCUT2D eigenvalue weighted by atomic mass is 10.1. The fraction of sp³-hybridized carbons (Fsp3) is 0.429. The van der Waals surface area contributed by atoms with Crippen molar-refractivity contribution in [1.29, 1.82) is 0 Å². The SMILES string of the molecule is CCCCCCCCCCNCc1ccc(CNCCOc2ccc(C#Cc3ccc(Cl)cc3)cc2C)cc1. The highest BCUT2D eigenvalue weighted by molar-refractivity contribution is 6.30. The molecule has 0 atom stereocenters. The molecule has 0 aliphatic heterocycles. The molecule has 208 valence electrons. The molecule has 0 spiro atoms. The van der Waals surface area contributed by atoms with Crippen LogP contribution in [0.1, 0.15) is 86.1 Å². The molecular weight excluding hydrogens is 500 g/mol. The number of nitrogens with one attached hydrogen (secondary N) is 2. The highest BCUT2D eigenvalue weighted by atomic mass is 35.5. The molecule has 2 N–H and O–H groups in total. The van der Waals surface area contributed by atoms with Gasteiger partial charge in [-0.3, -0.25) is 0 Å². The Morgan fingerprint density at radius 2 is 1.23 bits per heavy atom. The van der Waals surface area contributed by atoms with Crippen molar-refractivity contribution in [3.05, 3.63) is 99.6 Å². The number of rotatable bonds is 17. The molecule has 0 saturated carbocycles. The third kappa shape index (κ3) is 12.8. The molecule has 0 unspecified atom stereocenters. The van der Waals surface area contributed by atoms with E-state index >= 15 is 0 Å². The minimum atomic E-state index is 0.622. The van der Waals surface area contributed by atoms with Gasteiger partial charge in [-0.15, -0.1) is 0 Å². The molecule has 0 fully saturated rings. The molecule has 0 amide bonds. The zero-order valence-corrected chi connectivity index (χ0v) is 24.6. The van der Waals surface area contributed by atoms with E-state index in [1.807, 2.05) is 36.4 Å². The Labute approximate surface area is 241 Å². The summed E-state index contributed by atoms with van der Waals surface area (Å²) in [6.07, 6.45) is 10.9. The summed E-state index contributed by atoms with van der Waals surface area (Å²) in [7, 11) is 0. The van der Waals surface area contributed by atoms with Crippen molar-refractivity contribution in [3.63, 3.8) is 0 Å². The standard InChI is InChI=1S/C35H45ClN2O/c1-3-4-5-6-7-8-9-10-23-37-27-32-13-15-33(16-14-32)28-38-24-25-39-35-22-19-31(26-29(35)2)12-11-30-17-20-34(36)21-18-30/h13-22,26,37-38H,3-10,23-25,27-28H2,1-2H3. The Balaban J connectivity index is 1.26. The second kappa shape index (κ2) is 18.5. The van der Waals surface area contributed by atoms with E-state index in [1.165, 1.54) is 62.5 Å². The molecule has 0 radical (unpaired) electrons. The number of halogens is 1. The normalized spacial score (nSPS) is 10.7. The molecule has 0 heterocycles. The molecule has 3 aromatic rings. The van der Waals surface area contributed by atoms with Crippen molar-refractivity contribution in [3.8, 4) is 17.6 Å². The topological polar surface area (TPSA) is 33.3 Å². The van der Waals surface area contributed by atoms with Gasteiger partial charge in [-0.25, -0.2) is 0 Å². The molecule has 3 aromatic carbocycles. The molecule has 39 heavy (non-hydrogen) atoms. The van der Waals surface area contributed by atoms with Crippen LogP contribution < -0.4 is 15.4 Å². The van der Waals surface area contributed by atoms with Crippen molar-refractivity contribution in [2.24, 2.45) is 0 Å². The summed E-state index contributed by atoms with van der Waals surface area (Å²) in [6, 6.07) is 22.5. The Morgan fingerprint density at radius 3 is 1.87 bits per heavy atom. The highest BCUT2D eigenvalue weighted by Gasteiger charge is 2.01. The van der Waals surface area contributed by atoms with E-state index in [0.717, 1.165) is 53.6 Å².